The minimum atomic E-state index is -3.41. The van der Waals surface area contributed by atoms with Gasteiger partial charge in [0, 0.05) is 17.9 Å². The number of oxime groups is 1. The average Bonchev–Trinajstić information content (AvgIpc) is 2.74. The summed E-state index contributed by atoms with van der Waals surface area (Å²) in [5, 5.41) is 7.77. The molecule has 0 saturated carbocycles. The van der Waals surface area contributed by atoms with E-state index in [2.05, 4.69) is 15.1 Å². The molecule has 0 atom stereocenters. The summed E-state index contributed by atoms with van der Waals surface area (Å²) in [5.41, 5.74) is 0.447. The summed E-state index contributed by atoms with van der Waals surface area (Å²) in [7, 11) is -2.04. The van der Waals surface area contributed by atoms with Gasteiger partial charge >= 0.3 is 5.56 Å². The quantitative estimate of drug-likeness (QED) is 0.395. The van der Waals surface area contributed by atoms with E-state index in [0.29, 0.717) is 11.3 Å². The fourth-order valence-electron chi connectivity index (χ4n) is 2.82. The molecular formula is C21H19F2N3O5S. The summed E-state index contributed by atoms with van der Waals surface area (Å²) in [6.45, 7) is 1.53. The fourth-order valence-corrected chi connectivity index (χ4v) is 3.45. The Kier molecular flexibility index (Phi) is 6.68. The van der Waals surface area contributed by atoms with Crippen molar-refractivity contribution < 1.29 is 26.8 Å². The zero-order valence-electron chi connectivity index (χ0n) is 17.4. The first-order valence-electron chi connectivity index (χ1n) is 9.19. The molecule has 8 nitrogen and oxygen atoms in total. The van der Waals surface area contributed by atoms with E-state index in [9.17, 15) is 22.0 Å². The summed E-state index contributed by atoms with van der Waals surface area (Å²) in [6, 6.07) is 8.74. The molecule has 0 bridgehead atoms. The summed E-state index contributed by atoms with van der Waals surface area (Å²) in [4.78, 5) is 17.9. The molecule has 0 spiro atoms. The minimum absolute atomic E-state index is 0.00000450. The normalized spacial score (nSPS) is 12.0. The first-order valence-corrected chi connectivity index (χ1v) is 11.1. The van der Waals surface area contributed by atoms with Crippen LogP contribution >= 0.6 is 0 Å². The Hall–Kier alpha value is -3.60. The third-order valence-electron chi connectivity index (χ3n) is 4.35. The molecule has 0 fully saturated rings. The van der Waals surface area contributed by atoms with Gasteiger partial charge in [-0.1, -0.05) is 17.3 Å². The Balaban J connectivity index is 2.14. The SMILES string of the molecule is CO/N=C(\C)COc1c(-c2ccc(S(C)(=O)=O)cc2)cnn(-c2ccc(F)c(F)c2)c1=O. The maximum absolute atomic E-state index is 13.7. The number of hydrogen-bond acceptors (Lipinski definition) is 7. The summed E-state index contributed by atoms with van der Waals surface area (Å²) >= 11 is 0. The third-order valence-corrected chi connectivity index (χ3v) is 5.48. The highest BCUT2D eigenvalue weighted by molar-refractivity contribution is 7.90. The van der Waals surface area contributed by atoms with Gasteiger partial charge in [-0.15, -0.1) is 0 Å². The molecule has 1 heterocycles. The number of halogens is 2. The zero-order chi connectivity index (χ0) is 23.5. The number of sulfone groups is 1. The highest BCUT2D eigenvalue weighted by atomic mass is 32.2. The largest absolute Gasteiger partial charge is 0.481 e. The molecule has 1 aromatic heterocycles. The van der Waals surface area contributed by atoms with E-state index in [1.165, 1.54) is 43.6 Å². The second-order valence-electron chi connectivity index (χ2n) is 6.80. The minimum Gasteiger partial charge on any atom is -0.481 e. The van der Waals surface area contributed by atoms with Gasteiger partial charge in [-0.3, -0.25) is 4.79 Å². The predicted molar refractivity (Wildman–Crippen MR) is 114 cm³/mol. The summed E-state index contributed by atoms with van der Waals surface area (Å²) in [5.74, 6) is -2.34. The number of aromatic nitrogens is 2. The van der Waals surface area contributed by atoms with Crippen molar-refractivity contribution in [2.75, 3.05) is 20.0 Å². The first-order chi connectivity index (χ1) is 15.1. The Morgan fingerprint density at radius 2 is 1.81 bits per heavy atom. The first kappa shape index (κ1) is 23.1. The van der Waals surface area contributed by atoms with Crippen LogP contribution in [0.5, 0.6) is 5.75 Å². The van der Waals surface area contributed by atoms with Gasteiger partial charge in [0.15, 0.2) is 27.2 Å². The van der Waals surface area contributed by atoms with E-state index in [4.69, 9.17) is 4.74 Å². The van der Waals surface area contributed by atoms with Crippen LogP contribution in [0.3, 0.4) is 0 Å². The maximum atomic E-state index is 13.7. The predicted octanol–water partition coefficient (Wildman–Crippen LogP) is 2.98. The molecule has 0 N–H and O–H groups in total. The van der Waals surface area contributed by atoms with Gasteiger partial charge in [-0.25, -0.2) is 17.2 Å². The number of ether oxygens (including phenoxy) is 1. The highest BCUT2D eigenvalue weighted by Gasteiger charge is 2.18. The maximum Gasteiger partial charge on any atom is 0.314 e. The van der Waals surface area contributed by atoms with Crippen LogP contribution in [0.25, 0.3) is 16.8 Å². The van der Waals surface area contributed by atoms with E-state index in [1.54, 1.807) is 6.92 Å². The molecule has 2 aromatic carbocycles. The molecule has 0 aliphatic carbocycles. The van der Waals surface area contributed by atoms with Crippen LogP contribution in [0.2, 0.25) is 0 Å². The summed E-state index contributed by atoms with van der Waals surface area (Å²) in [6.07, 6.45) is 2.40. The molecule has 168 valence electrons. The lowest BCUT2D eigenvalue weighted by Gasteiger charge is -2.14. The van der Waals surface area contributed by atoms with Gasteiger partial charge in [-0.05, 0) is 36.8 Å². The van der Waals surface area contributed by atoms with E-state index in [0.717, 1.165) is 23.1 Å². The topological polar surface area (TPSA) is 99.8 Å². The van der Waals surface area contributed by atoms with Crippen molar-refractivity contribution in [3.8, 4) is 22.6 Å². The molecule has 32 heavy (non-hydrogen) atoms. The smallest absolute Gasteiger partial charge is 0.314 e. The molecular weight excluding hydrogens is 444 g/mol. The highest BCUT2D eigenvalue weighted by Crippen LogP contribution is 2.28. The number of rotatable bonds is 7. The van der Waals surface area contributed by atoms with Crippen LogP contribution in [0.15, 0.2) is 63.5 Å². The molecule has 3 rings (SSSR count). The van der Waals surface area contributed by atoms with Gasteiger partial charge < -0.3 is 9.57 Å². The molecule has 0 amide bonds. The van der Waals surface area contributed by atoms with Crippen LogP contribution in [-0.4, -0.2) is 43.9 Å². The fraction of sp³-hybridized carbons (Fsp3) is 0.190. The van der Waals surface area contributed by atoms with Crippen molar-refractivity contribution in [2.24, 2.45) is 5.16 Å². The second kappa shape index (κ2) is 9.27. The van der Waals surface area contributed by atoms with Crippen molar-refractivity contribution in [3.05, 3.63) is 70.6 Å². The average molecular weight is 463 g/mol. The van der Waals surface area contributed by atoms with Crippen LogP contribution in [-0.2, 0) is 14.7 Å². The van der Waals surface area contributed by atoms with Crippen molar-refractivity contribution >= 4 is 15.5 Å². The van der Waals surface area contributed by atoms with Crippen LogP contribution < -0.4 is 10.3 Å². The van der Waals surface area contributed by atoms with E-state index >= 15 is 0 Å². The summed E-state index contributed by atoms with van der Waals surface area (Å²) < 4.78 is 57.0. The Morgan fingerprint density at radius 3 is 2.41 bits per heavy atom. The van der Waals surface area contributed by atoms with E-state index in [1.807, 2.05) is 0 Å². The molecule has 11 heteroatoms. The second-order valence-corrected chi connectivity index (χ2v) is 8.81. The van der Waals surface area contributed by atoms with E-state index in [-0.39, 0.29) is 28.5 Å². The number of benzene rings is 2. The van der Waals surface area contributed by atoms with Crippen molar-refractivity contribution in [3.63, 3.8) is 0 Å². The van der Waals surface area contributed by atoms with Gasteiger partial charge in [0.2, 0.25) is 0 Å². The molecule has 0 radical (unpaired) electrons. The number of hydrogen-bond donors (Lipinski definition) is 0. The number of nitrogens with zero attached hydrogens (tertiary/aromatic N) is 3. The lowest BCUT2D eigenvalue weighted by Crippen LogP contribution is -2.25. The van der Waals surface area contributed by atoms with Crippen molar-refractivity contribution in [1.82, 2.24) is 9.78 Å². The van der Waals surface area contributed by atoms with Crippen LogP contribution in [0, 0.1) is 11.6 Å². The van der Waals surface area contributed by atoms with Gasteiger partial charge in [-0.2, -0.15) is 9.78 Å². The van der Waals surface area contributed by atoms with Gasteiger partial charge in [0.05, 0.1) is 22.5 Å². The third kappa shape index (κ3) is 4.99. The van der Waals surface area contributed by atoms with Crippen LogP contribution in [0.1, 0.15) is 6.92 Å². The molecule has 0 aliphatic rings. The lowest BCUT2D eigenvalue weighted by molar-refractivity contribution is 0.209. The standard InChI is InChI=1S/C21H19F2N3O5S/c1-13(25-30-2)12-31-20-17(14-4-7-16(8-5-14)32(3,28)29)11-24-26(21(20)27)15-6-9-18(22)19(23)10-15/h4-11H,12H2,1-3H3/b25-13+. The van der Waals surface area contributed by atoms with Gasteiger partial charge in [0.25, 0.3) is 0 Å². The molecule has 0 aliphatic heterocycles. The molecule has 0 unspecified atom stereocenters. The van der Waals surface area contributed by atoms with Crippen molar-refractivity contribution in [2.45, 2.75) is 11.8 Å². The Labute approximate surface area is 182 Å². The molecule has 3 aromatic rings. The Morgan fingerprint density at radius 1 is 1.12 bits per heavy atom. The lowest BCUT2D eigenvalue weighted by atomic mass is 10.1. The monoisotopic (exact) mass is 463 g/mol. The zero-order valence-corrected chi connectivity index (χ0v) is 18.2. The van der Waals surface area contributed by atoms with Crippen molar-refractivity contribution in [1.29, 1.82) is 0 Å². The molecule has 0 saturated heterocycles. The van der Waals surface area contributed by atoms with Gasteiger partial charge in [0.1, 0.15) is 13.7 Å². The van der Waals surface area contributed by atoms with Crippen LogP contribution in [0.4, 0.5) is 8.78 Å². The Bertz CT molecular complexity index is 1340. The van der Waals surface area contributed by atoms with E-state index < -0.39 is 27.0 Å².